The summed E-state index contributed by atoms with van der Waals surface area (Å²) < 4.78 is 7.71. The quantitative estimate of drug-likeness (QED) is 0.635. The summed E-state index contributed by atoms with van der Waals surface area (Å²) in [6.07, 6.45) is 2.54. The van der Waals surface area contributed by atoms with Gasteiger partial charge in [0.1, 0.15) is 6.61 Å². The maximum Gasteiger partial charge on any atom is 0.312 e. The molecule has 0 spiro atoms. The summed E-state index contributed by atoms with van der Waals surface area (Å²) in [6, 6.07) is 4.75. The van der Waals surface area contributed by atoms with Gasteiger partial charge in [-0.05, 0) is 19.1 Å². The first kappa shape index (κ1) is 15.5. The highest BCUT2D eigenvalue weighted by Gasteiger charge is 2.23. The summed E-state index contributed by atoms with van der Waals surface area (Å²) in [5, 5.41) is 24.9. The Kier molecular flexibility index (Phi) is 4.92. The first-order valence-corrected chi connectivity index (χ1v) is 7.04. The van der Waals surface area contributed by atoms with Gasteiger partial charge in [0, 0.05) is 28.5 Å². The van der Waals surface area contributed by atoms with E-state index in [1.54, 1.807) is 29.2 Å². The van der Waals surface area contributed by atoms with Crippen LogP contribution >= 0.6 is 15.9 Å². The zero-order valence-corrected chi connectivity index (χ0v) is 12.9. The summed E-state index contributed by atoms with van der Waals surface area (Å²) in [5.41, 5.74) is 0.192. The first-order valence-electron chi connectivity index (χ1n) is 6.25. The minimum Gasteiger partial charge on any atom is -0.485 e. The predicted molar refractivity (Wildman–Crippen MR) is 79.2 cm³/mol. The molecule has 21 heavy (non-hydrogen) atoms. The Labute approximate surface area is 129 Å². The number of nitro groups is 1. The lowest BCUT2D eigenvalue weighted by atomic mass is 10.1. The van der Waals surface area contributed by atoms with Crippen LogP contribution in [-0.2, 0) is 6.54 Å². The van der Waals surface area contributed by atoms with E-state index < -0.39 is 11.0 Å². The molecule has 0 unspecified atom stereocenters. The van der Waals surface area contributed by atoms with Crippen LogP contribution in [0, 0.1) is 10.1 Å². The van der Waals surface area contributed by atoms with Crippen LogP contribution < -0.4 is 4.74 Å². The smallest absolute Gasteiger partial charge is 0.312 e. The fourth-order valence-electron chi connectivity index (χ4n) is 1.88. The SMILES string of the molecule is C[C@H](O)c1cc(Br)cc([N+](=O)[O-])c1OCCn1cccn1. The van der Waals surface area contributed by atoms with Gasteiger partial charge in [-0.3, -0.25) is 14.8 Å². The fourth-order valence-corrected chi connectivity index (χ4v) is 2.34. The molecular formula is C13H14BrN3O4. The lowest BCUT2D eigenvalue weighted by molar-refractivity contribution is -0.386. The molecule has 1 heterocycles. The highest BCUT2D eigenvalue weighted by molar-refractivity contribution is 9.10. The molecule has 8 heteroatoms. The van der Waals surface area contributed by atoms with Crippen LogP contribution in [0.1, 0.15) is 18.6 Å². The molecule has 0 amide bonds. The van der Waals surface area contributed by atoms with Gasteiger partial charge in [-0.2, -0.15) is 5.10 Å². The maximum atomic E-state index is 11.1. The number of hydrogen-bond acceptors (Lipinski definition) is 5. The monoisotopic (exact) mass is 355 g/mol. The van der Waals surface area contributed by atoms with E-state index in [-0.39, 0.29) is 18.0 Å². The van der Waals surface area contributed by atoms with Crippen molar-refractivity contribution in [3.8, 4) is 5.75 Å². The number of nitrogens with zero attached hydrogens (tertiary/aromatic N) is 3. The number of rotatable bonds is 6. The summed E-state index contributed by atoms with van der Waals surface area (Å²) in [4.78, 5) is 10.6. The Hall–Kier alpha value is -1.93. The van der Waals surface area contributed by atoms with Crippen molar-refractivity contribution in [1.82, 2.24) is 9.78 Å². The Morgan fingerprint density at radius 1 is 1.57 bits per heavy atom. The van der Waals surface area contributed by atoms with Gasteiger partial charge in [-0.1, -0.05) is 15.9 Å². The third-order valence-corrected chi connectivity index (χ3v) is 3.29. The minimum atomic E-state index is -0.874. The Balaban J connectivity index is 2.24. The van der Waals surface area contributed by atoms with E-state index in [0.717, 1.165) is 0 Å². The number of nitro benzene ring substituents is 1. The second kappa shape index (κ2) is 6.68. The van der Waals surface area contributed by atoms with Gasteiger partial charge in [0.05, 0.1) is 17.6 Å². The van der Waals surface area contributed by atoms with Crippen molar-refractivity contribution in [2.24, 2.45) is 0 Å². The number of benzene rings is 1. The molecular weight excluding hydrogens is 342 g/mol. The van der Waals surface area contributed by atoms with Crippen LogP contribution in [0.3, 0.4) is 0 Å². The minimum absolute atomic E-state index is 0.0883. The Morgan fingerprint density at radius 2 is 2.33 bits per heavy atom. The highest BCUT2D eigenvalue weighted by Crippen LogP contribution is 2.37. The van der Waals surface area contributed by atoms with Crippen LogP contribution in [0.15, 0.2) is 35.1 Å². The highest BCUT2D eigenvalue weighted by atomic mass is 79.9. The first-order chi connectivity index (χ1) is 9.99. The van der Waals surface area contributed by atoms with Gasteiger partial charge in [0.25, 0.3) is 0 Å². The summed E-state index contributed by atoms with van der Waals surface area (Å²) >= 11 is 3.20. The number of halogens is 1. The molecule has 0 radical (unpaired) electrons. The molecule has 0 bridgehead atoms. The molecule has 7 nitrogen and oxygen atoms in total. The van der Waals surface area contributed by atoms with Crippen molar-refractivity contribution in [2.75, 3.05) is 6.61 Å². The Bertz CT molecular complexity index is 629. The lowest BCUT2D eigenvalue weighted by Gasteiger charge is -2.14. The maximum absolute atomic E-state index is 11.1. The van der Waals surface area contributed by atoms with E-state index in [1.807, 2.05) is 0 Å². The van der Waals surface area contributed by atoms with Crippen LogP contribution in [0.25, 0.3) is 0 Å². The predicted octanol–water partition coefficient (Wildman–Crippen LogP) is 2.69. The molecule has 1 atom stereocenters. The van der Waals surface area contributed by atoms with Crippen molar-refractivity contribution < 1.29 is 14.8 Å². The van der Waals surface area contributed by atoms with E-state index in [1.165, 1.54) is 13.0 Å². The standard InChI is InChI=1S/C13H14BrN3O4/c1-9(18)11-7-10(14)8-12(17(19)20)13(11)21-6-5-16-4-2-3-15-16/h2-4,7-9,18H,5-6H2,1H3/t9-/m0/s1. The average molecular weight is 356 g/mol. The van der Waals surface area contributed by atoms with Gasteiger partial charge in [0.2, 0.25) is 5.75 Å². The van der Waals surface area contributed by atoms with Gasteiger partial charge in [-0.25, -0.2) is 0 Å². The summed E-state index contributed by atoms with van der Waals surface area (Å²) in [6.45, 7) is 2.20. The number of hydrogen-bond donors (Lipinski definition) is 1. The number of ether oxygens (including phenoxy) is 1. The number of aromatic nitrogens is 2. The summed E-state index contributed by atoms with van der Waals surface area (Å²) in [5.74, 6) is 0.0883. The molecule has 0 fully saturated rings. The van der Waals surface area contributed by atoms with E-state index in [0.29, 0.717) is 16.6 Å². The molecule has 112 valence electrons. The van der Waals surface area contributed by atoms with E-state index in [4.69, 9.17) is 4.74 Å². The number of aliphatic hydroxyl groups is 1. The van der Waals surface area contributed by atoms with E-state index in [9.17, 15) is 15.2 Å². The van der Waals surface area contributed by atoms with Gasteiger partial charge in [0.15, 0.2) is 0 Å². The topological polar surface area (TPSA) is 90.4 Å². The normalized spacial score (nSPS) is 12.1. The molecule has 1 N–H and O–H groups in total. The van der Waals surface area contributed by atoms with Crippen LogP contribution in [0.5, 0.6) is 5.75 Å². The molecule has 0 aliphatic rings. The van der Waals surface area contributed by atoms with Gasteiger partial charge < -0.3 is 9.84 Å². The van der Waals surface area contributed by atoms with Crippen molar-refractivity contribution in [2.45, 2.75) is 19.6 Å². The molecule has 2 aromatic rings. The molecule has 0 aliphatic carbocycles. The van der Waals surface area contributed by atoms with Gasteiger partial charge in [-0.15, -0.1) is 0 Å². The van der Waals surface area contributed by atoms with E-state index in [2.05, 4.69) is 21.0 Å². The average Bonchev–Trinajstić information content (AvgIpc) is 2.92. The van der Waals surface area contributed by atoms with Crippen molar-refractivity contribution in [1.29, 1.82) is 0 Å². The fraction of sp³-hybridized carbons (Fsp3) is 0.308. The van der Waals surface area contributed by atoms with Crippen LogP contribution in [-0.4, -0.2) is 26.4 Å². The van der Waals surface area contributed by atoms with Crippen LogP contribution in [0.4, 0.5) is 5.69 Å². The van der Waals surface area contributed by atoms with Crippen LogP contribution in [0.2, 0.25) is 0 Å². The van der Waals surface area contributed by atoms with Crippen molar-refractivity contribution >= 4 is 21.6 Å². The zero-order chi connectivity index (χ0) is 15.4. The van der Waals surface area contributed by atoms with E-state index >= 15 is 0 Å². The molecule has 2 rings (SSSR count). The molecule has 1 aromatic carbocycles. The third kappa shape index (κ3) is 3.79. The molecule has 1 aromatic heterocycles. The van der Waals surface area contributed by atoms with Crippen molar-refractivity contribution in [3.05, 3.63) is 50.7 Å². The third-order valence-electron chi connectivity index (χ3n) is 2.84. The molecule has 0 aliphatic heterocycles. The van der Waals surface area contributed by atoms with Gasteiger partial charge >= 0.3 is 5.69 Å². The summed E-state index contributed by atoms with van der Waals surface area (Å²) in [7, 11) is 0. The second-order valence-corrected chi connectivity index (χ2v) is 5.31. The largest absolute Gasteiger partial charge is 0.485 e. The lowest BCUT2D eigenvalue weighted by Crippen LogP contribution is -2.11. The van der Waals surface area contributed by atoms with Crippen molar-refractivity contribution in [3.63, 3.8) is 0 Å². The second-order valence-electron chi connectivity index (χ2n) is 4.39. The molecule has 0 saturated carbocycles. The molecule has 0 saturated heterocycles. The Morgan fingerprint density at radius 3 is 2.90 bits per heavy atom. The number of aliphatic hydroxyl groups excluding tert-OH is 1. The zero-order valence-electron chi connectivity index (χ0n) is 11.3.